The Kier molecular flexibility index (Phi) is 8.14. The van der Waals surface area contributed by atoms with Crippen molar-refractivity contribution in [2.24, 2.45) is 5.92 Å². The molecule has 0 aromatic rings. The first-order chi connectivity index (χ1) is 14.2. The van der Waals surface area contributed by atoms with E-state index in [-0.39, 0.29) is 30.8 Å². The highest BCUT2D eigenvalue weighted by molar-refractivity contribution is 5.92. The van der Waals surface area contributed by atoms with Crippen LogP contribution >= 0.6 is 0 Å². The van der Waals surface area contributed by atoms with Gasteiger partial charge in [-0.3, -0.25) is 4.79 Å². The molecule has 30 heavy (non-hydrogen) atoms. The van der Waals surface area contributed by atoms with Crippen LogP contribution in [0.25, 0.3) is 0 Å². The van der Waals surface area contributed by atoms with Gasteiger partial charge in [-0.1, -0.05) is 12.7 Å². The lowest BCUT2D eigenvalue weighted by Crippen LogP contribution is -2.34. The minimum absolute atomic E-state index is 0.144. The number of fused-ring (bicyclic) bond motifs is 1. The summed E-state index contributed by atoms with van der Waals surface area (Å²) in [5.74, 6) is -2.38. The van der Waals surface area contributed by atoms with Crippen molar-refractivity contribution in [1.82, 2.24) is 0 Å². The quantitative estimate of drug-likeness (QED) is 0.297. The highest BCUT2D eigenvalue weighted by atomic mass is 16.6. The van der Waals surface area contributed by atoms with E-state index >= 15 is 0 Å². The van der Waals surface area contributed by atoms with E-state index in [2.05, 4.69) is 6.58 Å². The number of esters is 3. The molecule has 0 saturated carbocycles. The highest BCUT2D eigenvalue weighted by Gasteiger charge is 2.45. The second-order valence-corrected chi connectivity index (χ2v) is 7.40. The summed E-state index contributed by atoms with van der Waals surface area (Å²) in [6, 6.07) is 0. The SMILES string of the molecule is C=C1C(=O)O[C@@H]2/C=C(/C)[C@H](OC(C)=O)C/C=C(\CO)C[C@@H](OC(=O)/C(C)=C/CO)[C@@H]12. The number of aliphatic hydroxyl groups is 2. The van der Waals surface area contributed by atoms with Gasteiger partial charge in [-0.2, -0.15) is 0 Å². The average molecular weight is 420 g/mol. The molecule has 0 aromatic heterocycles. The smallest absolute Gasteiger partial charge is 0.334 e. The van der Waals surface area contributed by atoms with E-state index in [1.54, 1.807) is 19.1 Å². The molecule has 1 saturated heterocycles. The Bertz CT molecular complexity index is 804. The van der Waals surface area contributed by atoms with Crippen LogP contribution < -0.4 is 0 Å². The van der Waals surface area contributed by atoms with E-state index in [0.717, 1.165) is 0 Å². The minimum Gasteiger partial charge on any atom is -0.458 e. The summed E-state index contributed by atoms with van der Waals surface area (Å²) in [5, 5.41) is 18.8. The molecule has 0 aromatic carbocycles. The van der Waals surface area contributed by atoms with Crippen molar-refractivity contribution < 1.29 is 38.8 Å². The Labute approximate surface area is 175 Å². The van der Waals surface area contributed by atoms with E-state index in [4.69, 9.17) is 19.3 Å². The first-order valence-corrected chi connectivity index (χ1v) is 9.70. The molecule has 164 valence electrons. The normalized spacial score (nSPS) is 30.9. The third kappa shape index (κ3) is 5.67. The first-order valence-electron chi connectivity index (χ1n) is 9.70. The van der Waals surface area contributed by atoms with E-state index in [9.17, 15) is 19.5 Å². The third-order valence-corrected chi connectivity index (χ3v) is 5.17. The molecule has 1 aliphatic heterocycles. The summed E-state index contributed by atoms with van der Waals surface area (Å²) < 4.78 is 16.5. The van der Waals surface area contributed by atoms with Crippen molar-refractivity contribution in [3.63, 3.8) is 0 Å². The standard InChI is InChI=1S/C22H28O8/c1-12(7-8-23)21(26)29-19-10-16(11-24)5-6-17(28-15(4)25)13(2)9-18-20(19)14(3)22(27)30-18/h5,7,9,17-20,23-24H,3,6,8,10-11H2,1-2,4H3/b12-7+,13-9-,16-5-/t17-,18-,19-,20+/m1/s1. The predicted molar refractivity (Wildman–Crippen MR) is 107 cm³/mol. The summed E-state index contributed by atoms with van der Waals surface area (Å²) in [7, 11) is 0. The van der Waals surface area contributed by atoms with Crippen LogP contribution in [-0.4, -0.2) is 59.6 Å². The molecule has 0 unspecified atom stereocenters. The number of carbonyl (C=O) groups is 3. The van der Waals surface area contributed by atoms with Crippen LogP contribution in [0.3, 0.4) is 0 Å². The Morgan fingerprint density at radius 3 is 2.60 bits per heavy atom. The Hall–Kier alpha value is -2.71. The van der Waals surface area contributed by atoms with Crippen molar-refractivity contribution in [1.29, 1.82) is 0 Å². The third-order valence-electron chi connectivity index (χ3n) is 5.17. The first kappa shape index (κ1) is 23.6. The van der Waals surface area contributed by atoms with Crippen LogP contribution in [0.2, 0.25) is 0 Å². The summed E-state index contributed by atoms with van der Waals surface area (Å²) in [6.45, 7) is 7.77. The fourth-order valence-electron chi connectivity index (χ4n) is 3.51. The molecule has 1 heterocycles. The zero-order chi connectivity index (χ0) is 22.4. The van der Waals surface area contributed by atoms with Gasteiger partial charge in [-0.25, -0.2) is 9.59 Å². The summed E-state index contributed by atoms with van der Waals surface area (Å²) in [5.41, 5.74) is 1.61. The van der Waals surface area contributed by atoms with Crippen molar-refractivity contribution in [3.8, 4) is 0 Å². The fourth-order valence-corrected chi connectivity index (χ4v) is 3.51. The average Bonchev–Trinajstić information content (AvgIpc) is 2.95. The van der Waals surface area contributed by atoms with E-state index in [0.29, 0.717) is 17.6 Å². The van der Waals surface area contributed by atoms with Crippen molar-refractivity contribution >= 4 is 17.9 Å². The van der Waals surface area contributed by atoms with Crippen LogP contribution in [0, 0.1) is 5.92 Å². The number of carbonyl (C=O) groups excluding carboxylic acids is 3. The largest absolute Gasteiger partial charge is 0.458 e. The van der Waals surface area contributed by atoms with Crippen molar-refractivity contribution in [3.05, 3.63) is 47.1 Å². The van der Waals surface area contributed by atoms with Gasteiger partial charge in [0.05, 0.1) is 19.1 Å². The second-order valence-electron chi connectivity index (χ2n) is 7.40. The monoisotopic (exact) mass is 420 g/mol. The van der Waals surface area contributed by atoms with Gasteiger partial charge in [-0.15, -0.1) is 0 Å². The van der Waals surface area contributed by atoms with Crippen LogP contribution in [0.5, 0.6) is 0 Å². The molecule has 4 atom stereocenters. The van der Waals surface area contributed by atoms with Crippen molar-refractivity contribution in [2.75, 3.05) is 13.2 Å². The highest BCUT2D eigenvalue weighted by Crippen LogP contribution is 2.36. The molecule has 8 heteroatoms. The minimum atomic E-state index is -0.823. The molecule has 0 radical (unpaired) electrons. The number of aliphatic hydroxyl groups excluding tert-OH is 2. The predicted octanol–water partition coefficient (Wildman–Crippen LogP) is 1.53. The fraction of sp³-hybridized carbons (Fsp3) is 0.500. The van der Waals surface area contributed by atoms with Gasteiger partial charge in [0.25, 0.3) is 0 Å². The Morgan fingerprint density at radius 1 is 1.30 bits per heavy atom. The topological polar surface area (TPSA) is 119 Å². The lowest BCUT2D eigenvalue weighted by Gasteiger charge is -2.29. The summed E-state index contributed by atoms with van der Waals surface area (Å²) in [4.78, 5) is 36.2. The molecule has 2 N–H and O–H groups in total. The van der Waals surface area contributed by atoms with Crippen LogP contribution in [-0.2, 0) is 28.6 Å². The molecular weight excluding hydrogens is 392 g/mol. The number of hydrogen-bond donors (Lipinski definition) is 2. The molecular formula is C22H28O8. The van der Waals surface area contributed by atoms with E-state index < -0.39 is 42.1 Å². The molecule has 0 amide bonds. The van der Waals surface area contributed by atoms with Gasteiger partial charge in [0.2, 0.25) is 0 Å². The number of ether oxygens (including phenoxy) is 3. The van der Waals surface area contributed by atoms with E-state index in [1.807, 2.05) is 0 Å². The van der Waals surface area contributed by atoms with Crippen LogP contribution in [0.1, 0.15) is 33.6 Å². The molecule has 1 aliphatic carbocycles. The molecule has 2 aliphatic rings. The van der Waals surface area contributed by atoms with Gasteiger partial charge in [0.1, 0.15) is 18.3 Å². The molecule has 8 nitrogen and oxygen atoms in total. The molecule has 1 fully saturated rings. The van der Waals surface area contributed by atoms with Crippen LogP contribution in [0.15, 0.2) is 47.1 Å². The summed E-state index contributed by atoms with van der Waals surface area (Å²) in [6.07, 6.45) is 3.04. The maximum atomic E-state index is 12.5. The lowest BCUT2D eigenvalue weighted by molar-refractivity contribution is -0.148. The van der Waals surface area contributed by atoms with Gasteiger partial charge < -0.3 is 24.4 Å². The lowest BCUT2D eigenvalue weighted by atomic mass is 9.85. The molecule has 2 rings (SSSR count). The maximum Gasteiger partial charge on any atom is 0.334 e. The van der Waals surface area contributed by atoms with E-state index in [1.165, 1.54) is 19.9 Å². The van der Waals surface area contributed by atoms with Gasteiger partial charge in [0.15, 0.2) is 0 Å². The molecule has 0 bridgehead atoms. The second kappa shape index (κ2) is 10.4. The summed E-state index contributed by atoms with van der Waals surface area (Å²) >= 11 is 0. The maximum absolute atomic E-state index is 12.5. The Balaban J connectivity index is 2.46. The van der Waals surface area contributed by atoms with Gasteiger partial charge in [0, 0.05) is 30.9 Å². The molecule has 0 spiro atoms. The zero-order valence-corrected chi connectivity index (χ0v) is 17.4. The van der Waals surface area contributed by atoms with Gasteiger partial charge in [-0.05, 0) is 37.1 Å². The Morgan fingerprint density at radius 2 is 2.00 bits per heavy atom. The number of rotatable bonds is 5. The number of hydrogen-bond acceptors (Lipinski definition) is 8. The van der Waals surface area contributed by atoms with Crippen LogP contribution in [0.4, 0.5) is 0 Å². The zero-order valence-electron chi connectivity index (χ0n) is 17.4. The van der Waals surface area contributed by atoms with Gasteiger partial charge >= 0.3 is 17.9 Å². The van der Waals surface area contributed by atoms with Crippen molar-refractivity contribution in [2.45, 2.75) is 51.9 Å².